The van der Waals surface area contributed by atoms with Crippen molar-refractivity contribution in [3.05, 3.63) is 33.7 Å². The molecule has 0 unspecified atom stereocenters. The number of hydrogen-bond donors (Lipinski definition) is 0. The van der Waals surface area contributed by atoms with Crippen LogP contribution in [-0.2, 0) is 14.1 Å². The standard InChI is InChI=1S/C18H21BBrF3O4S/c1-11(24)28-10-13(19-26-16(2,3)17(4,5)27-19)8-12-6-7-14(9-15(12)20)25-18(21,22)23/h6-9H,10H2,1-5H3. The van der Waals surface area contributed by atoms with E-state index in [1.807, 2.05) is 27.7 Å². The van der Waals surface area contributed by atoms with Crippen molar-refractivity contribution >= 4 is 46.0 Å². The lowest BCUT2D eigenvalue weighted by atomic mass is 9.78. The number of hydrogen-bond acceptors (Lipinski definition) is 5. The van der Waals surface area contributed by atoms with Gasteiger partial charge in [0.05, 0.1) is 11.2 Å². The van der Waals surface area contributed by atoms with Gasteiger partial charge in [-0.1, -0.05) is 39.8 Å². The molecule has 2 rings (SSSR count). The molecule has 1 aromatic rings. The molecule has 1 aromatic carbocycles. The Kier molecular flexibility index (Phi) is 7.01. The van der Waals surface area contributed by atoms with Gasteiger partial charge >= 0.3 is 13.5 Å². The molecule has 1 fully saturated rings. The molecule has 0 saturated carbocycles. The summed E-state index contributed by atoms with van der Waals surface area (Å²) < 4.78 is 53.6. The van der Waals surface area contributed by atoms with E-state index in [4.69, 9.17) is 9.31 Å². The van der Waals surface area contributed by atoms with Crippen molar-refractivity contribution in [3.63, 3.8) is 0 Å². The van der Waals surface area contributed by atoms with Crippen LogP contribution in [0.2, 0.25) is 0 Å². The maximum atomic E-state index is 12.4. The van der Waals surface area contributed by atoms with Crippen LogP contribution in [0.25, 0.3) is 6.08 Å². The highest BCUT2D eigenvalue weighted by Crippen LogP contribution is 2.40. The van der Waals surface area contributed by atoms with E-state index in [2.05, 4.69) is 20.7 Å². The maximum Gasteiger partial charge on any atom is 0.573 e. The van der Waals surface area contributed by atoms with E-state index in [0.29, 0.717) is 21.3 Å². The molecule has 0 N–H and O–H groups in total. The van der Waals surface area contributed by atoms with E-state index in [9.17, 15) is 18.0 Å². The van der Waals surface area contributed by atoms with Crippen LogP contribution in [-0.4, -0.2) is 35.6 Å². The quantitative estimate of drug-likeness (QED) is 0.510. The average molecular weight is 481 g/mol. The lowest BCUT2D eigenvalue weighted by Gasteiger charge is -2.32. The highest BCUT2D eigenvalue weighted by molar-refractivity contribution is 9.10. The predicted molar refractivity (Wildman–Crippen MR) is 108 cm³/mol. The van der Waals surface area contributed by atoms with Crippen molar-refractivity contribution in [1.29, 1.82) is 0 Å². The first-order valence-electron chi connectivity index (χ1n) is 8.45. The minimum absolute atomic E-state index is 0.0598. The molecule has 1 aliphatic heterocycles. The van der Waals surface area contributed by atoms with Gasteiger partial charge in [0.1, 0.15) is 5.75 Å². The van der Waals surface area contributed by atoms with E-state index < -0.39 is 24.7 Å². The van der Waals surface area contributed by atoms with Gasteiger partial charge in [-0.25, -0.2) is 0 Å². The monoisotopic (exact) mass is 480 g/mol. The number of halogens is 4. The van der Waals surface area contributed by atoms with Crippen molar-refractivity contribution in [2.24, 2.45) is 0 Å². The van der Waals surface area contributed by atoms with E-state index in [-0.39, 0.29) is 10.9 Å². The number of thioether (sulfide) groups is 1. The van der Waals surface area contributed by atoms with Crippen molar-refractivity contribution in [2.75, 3.05) is 5.75 Å². The molecule has 0 bridgehead atoms. The molecule has 1 aliphatic rings. The van der Waals surface area contributed by atoms with Gasteiger partial charge < -0.3 is 14.0 Å². The molecule has 1 heterocycles. The minimum Gasteiger partial charge on any atom is -0.406 e. The second-order valence-corrected chi connectivity index (χ2v) is 9.33. The van der Waals surface area contributed by atoms with Crippen LogP contribution in [0.3, 0.4) is 0 Å². The van der Waals surface area contributed by atoms with Crippen molar-refractivity contribution in [3.8, 4) is 5.75 Å². The van der Waals surface area contributed by atoms with Gasteiger partial charge in [-0.2, -0.15) is 0 Å². The SMILES string of the molecule is CC(=O)SCC(=Cc1ccc(OC(F)(F)F)cc1Br)B1OC(C)(C)C(C)(C)O1. The van der Waals surface area contributed by atoms with Crippen LogP contribution in [0.15, 0.2) is 28.1 Å². The first kappa shape index (κ1) is 23.3. The fraction of sp³-hybridized carbons (Fsp3) is 0.500. The van der Waals surface area contributed by atoms with Crippen LogP contribution in [0.5, 0.6) is 5.75 Å². The number of carbonyl (C=O) groups excluding carboxylic acids is 1. The molecule has 0 radical (unpaired) electrons. The van der Waals surface area contributed by atoms with E-state index in [1.54, 1.807) is 6.08 Å². The Labute approximate surface area is 175 Å². The number of carbonyl (C=O) groups is 1. The fourth-order valence-electron chi connectivity index (χ4n) is 2.38. The molecule has 0 spiro atoms. The molecular formula is C18H21BBrF3O4S. The van der Waals surface area contributed by atoms with Crippen LogP contribution in [0.4, 0.5) is 13.2 Å². The highest BCUT2D eigenvalue weighted by Gasteiger charge is 2.52. The Morgan fingerprint density at radius 2 is 1.82 bits per heavy atom. The predicted octanol–water partition coefficient (Wildman–Crippen LogP) is 5.64. The third-order valence-electron chi connectivity index (χ3n) is 4.54. The molecule has 4 nitrogen and oxygen atoms in total. The largest absolute Gasteiger partial charge is 0.573 e. The summed E-state index contributed by atoms with van der Waals surface area (Å²) in [5, 5.41) is -0.0598. The van der Waals surface area contributed by atoms with Gasteiger partial charge in [0.2, 0.25) is 0 Å². The zero-order valence-electron chi connectivity index (χ0n) is 16.1. The Hall–Kier alpha value is -0.965. The second-order valence-electron chi connectivity index (χ2n) is 7.32. The van der Waals surface area contributed by atoms with Gasteiger partial charge in [-0.05, 0) is 50.9 Å². The van der Waals surface area contributed by atoms with Gasteiger partial charge in [-0.15, -0.1) is 13.2 Å². The maximum absolute atomic E-state index is 12.4. The number of alkyl halides is 3. The molecule has 154 valence electrons. The number of rotatable bonds is 5. The summed E-state index contributed by atoms with van der Waals surface area (Å²) >= 11 is 4.38. The Morgan fingerprint density at radius 1 is 1.25 bits per heavy atom. The minimum atomic E-state index is -4.76. The molecule has 0 aromatic heterocycles. The number of ether oxygens (including phenoxy) is 1. The first-order chi connectivity index (χ1) is 12.7. The summed E-state index contributed by atoms with van der Waals surface area (Å²) in [6.07, 6.45) is -3.01. The van der Waals surface area contributed by atoms with Crippen molar-refractivity contribution in [1.82, 2.24) is 0 Å². The topological polar surface area (TPSA) is 44.8 Å². The zero-order valence-corrected chi connectivity index (χ0v) is 18.5. The summed E-state index contributed by atoms with van der Waals surface area (Å²) in [5.41, 5.74) is 0.200. The Bertz CT molecular complexity index is 765. The molecular weight excluding hydrogens is 460 g/mol. The molecule has 28 heavy (non-hydrogen) atoms. The van der Waals surface area contributed by atoms with Crippen LogP contribution in [0, 0.1) is 0 Å². The summed E-state index contributed by atoms with van der Waals surface area (Å²) in [6.45, 7) is 9.14. The zero-order chi connectivity index (χ0) is 21.3. The van der Waals surface area contributed by atoms with Crippen LogP contribution < -0.4 is 4.74 Å². The molecule has 0 amide bonds. The van der Waals surface area contributed by atoms with E-state index >= 15 is 0 Å². The third kappa shape index (κ3) is 6.01. The molecule has 10 heteroatoms. The van der Waals surface area contributed by atoms with Gasteiger partial charge in [-0.3, -0.25) is 4.79 Å². The average Bonchev–Trinajstić information content (AvgIpc) is 2.71. The highest BCUT2D eigenvalue weighted by atomic mass is 79.9. The molecule has 0 aliphatic carbocycles. The lowest BCUT2D eigenvalue weighted by molar-refractivity contribution is -0.274. The first-order valence-corrected chi connectivity index (χ1v) is 10.2. The molecule has 0 atom stereocenters. The van der Waals surface area contributed by atoms with E-state index in [0.717, 1.165) is 11.8 Å². The fourth-order valence-corrected chi connectivity index (χ4v) is 3.44. The normalized spacial score (nSPS) is 19.0. The second kappa shape index (κ2) is 8.42. The third-order valence-corrected chi connectivity index (χ3v) is 6.12. The van der Waals surface area contributed by atoms with Crippen molar-refractivity contribution in [2.45, 2.75) is 52.2 Å². The van der Waals surface area contributed by atoms with Crippen LogP contribution >= 0.6 is 27.7 Å². The summed E-state index contributed by atoms with van der Waals surface area (Å²) in [6, 6.07) is 3.96. The molecule has 1 saturated heterocycles. The summed E-state index contributed by atoms with van der Waals surface area (Å²) in [5.74, 6) is 0.00572. The van der Waals surface area contributed by atoms with Gasteiger partial charge in [0, 0.05) is 17.1 Å². The number of benzene rings is 1. The Morgan fingerprint density at radius 3 is 2.29 bits per heavy atom. The summed E-state index contributed by atoms with van der Waals surface area (Å²) in [4.78, 5) is 11.4. The smallest absolute Gasteiger partial charge is 0.406 e. The van der Waals surface area contributed by atoms with Gasteiger partial charge in [0.15, 0.2) is 5.12 Å². The van der Waals surface area contributed by atoms with E-state index in [1.165, 1.54) is 25.1 Å². The van der Waals surface area contributed by atoms with Crippen LogP contribution in [0.1, 0.15) is 40.2 Å². The van der Waals surface area contributed by atoms with Gasteiger partial charge in [0.25, 0.3) is 0 Å². The van der Waals surface area contributed by atoms with Crippen molar-refractivity contribution < 1.29 is 32.0 Å². The lowest BCUT2D eigenvalue weighted by Crippen LogP contribution is -2.41. The Balaban J connectivity index is 2.33. The summed E-state index contributed by atoms with van der Waals surface area (Å²) in [7, 11) is -0.671.